The van der Waals surface area contributed by atoms with E-state index in [9.17, 15) is 9.59 Å². The van der Waals surface area contributed by atoms with E-state index in [0.29, 0.717) is 6.54 Å². The van der Waals surface area contributed by atoms with Gasteiger partial charge in [-0.2, -0.15) is 0 Å². The lowest BCUT2D eigenvalue weighted by Crippen LogP contribution is -2.30. The van der Waals surface area contributed by atoms with E-state index in [1.54, 1.807) is 4.90 Å². The summed E-state index contributed by atoms with van der Waals surface area (Å²) in [4.78, 5) is 26.8. The van der Waals surface area contributed by atoms with Crippen molar-refractivity contribution in [3.8, 4) is 0 Å². The Morgan fingerprint density at radius 2 is 1.96 bits per heavy atom. The second-order valence-electron chi connectivity index (χ2n) is 6.49. The highest BCUT2D eigenvalue weighted by molar-refractivity contribution is 9.10. The SMILES string of the molecule is Cc1cc(NC(=O)[C@@H]2CC(=O)N([C@@H](C)c3ccccc3)C2)ccc1Br. The van der Waals surface area contributed by atoms with Gasteiger partial charge in [0.2, 0.25) is 11.8 Å². The summed E-state index contributed by atoms with van der Waals surface area (Å²) in [6.45, 7) is 4.43. The standard InChI is InChI=1S/C20H21BrN2O2/c1-13-10-17(8-9-18(13)21)22-20(25)16-11-19(24)23(12-16)14(2)15-6-4-3-5-7-15/h3-10,14,16H,11-12H2,1-2H3,(H,22,25)/t14-,16+/m0/s1. The third kappa shape index (κ3) is 3.93. The van der Waals surface area contributed by atoms with Crippen LogP contribution in [0.2, 0.25) is 0 Å². The molecular formula is C20H21BrN2O2. The quantitative estimate of drug-likeness (QED) is 0.830. The Morgan fingerprint density at radius 3 is 2.64 bits per heavy atom. The van der Waals surface area contributed by atoms with Crippen LogP contribution in [0.3, 0.4) is 0 Å². The summed E-state index contributed by atoms with van der Waals surface area (Å²) in [6, 6.07) is 15.6. The van der Waals surface area contributed by atoms with Crippen LogP contribution in [-0.4, -0.2) is 23.3 Å². The summed E-state index contributed by atoms with van der Waals surface area (Å²) in [5, 5.41) is 2.93. The van der Waals surface area contributed by atoms with E-state index in [4.69, 9.17) is 0 Å². The van der Waals surface area contributed by atoms with Gasteiger partial charge < -0.3 is 10.2 Å². The van der Waals surface area contributed by atoms with Gasteiger partial charge in [0.25, 0.3) is 0 Å². The highest BCUT2D eigenvalue weighted by Crippen LogP contribution is 2.29. The molecule has 1 saturated heterocycles. The zero-order valence-corrected chi connectivity index (χ0v) is 15.9. The first kappa shape index (κ1) is 17.7. The zero-order valence-electron chi connectivity index (χ0n) is 14.3. The molecule has 0 saturated carbocycles. The van der Waals surface area contributed by atoms with E-state index < -0.39 is 0 Å². The number of carbonyl (C=O) groups is 2. The first-order chi connectivity index (χ1) is 12.0. The highest BCUT2D eigenvalue weighted by Gasteiger charge is 2.37. The maximum absolute atomic E-state index is 12.6. The third-order valence-electron chi connectivity index (χ3n) is 4.70. The molecule has 2 amide bonds. The van der Waals surface area contributed by atoms with Gasteiger partial charge in [0.15, 0.2) is 0 Å². The summed E-state index contributed by atoms with van der Waals surface area (Å²) >= 11 is 3.45. The second kappa shape index (κ2) is 7.40. The van der Waals surface area contributed by atoms with Crippen LogP contribution in [0.1, 0.15) is 30.5 Å². The molecule has 3 rings (SSSR count). The topological polar surface area (TPSA) is 49.4 Å². The van der Waals surface area contributed by atoms with Crippen molar-refractivity contribution in [2.45, 2.75) is 26.3 Å². The van der Waals surface area contributed by atoms with Crippen molar-refractivity contribution in [1.82, 2.24) is 4.90 Å². The van der Waals surface area contributed by atoms with Gasteiger partial charge in [-0.25, -0.2) is 0 Å². The van der Waals surface area contributed by atoms with Gasteiger partial charge in [-0.05, 0) is 43.2 Å². The van der Waals surface area contributed by atoms with Gasteiger partial charge in [0, 0.05) is 23.1 Å². The van der Waals surface area contributed by atoms with Crippen molar-refractivity contribution >= 4 is 33.4 Å². The number of aryl methyl sites for hydroxylation is 1. The van der Waals surface area contributed by atoms with Crippen LogP contribution in [0.5, 0.6) is 0 Å². The van der Waals surface area contributed by atoms with E-state index in [1.165, 1.54) is 0 Å². The zero-order chi connectivity index (χ0) is 18.0. The minimum Gasteiger partial charge on any atom is -0.335 e. The minimum atomic E-state index is -0.317. The maximum atomic E-state index is 12.6. The summed E-state index contributed by atoms with van der Waals surface area (Å²) in [7, 11) is 0. The van der Waals surface area contributed by atoms with Crippen LogP contribution in [0, 0.1) is 12.8 Å². The largest absolute Gasteiger partial charge is 0.335 e. The van der Waals surface area contributed by atoms with Crippen LogP contribution in [0.4, 0.5) is 5.69 Å². The van der Waals surface area contributed by atoms with Crippen molar-refractivity contribution in [3.05, 3.63) is 64.1 Å². The normalized spacial score (nSPS) is 18.3. The fourth-order valence-electron chi connectivity index (χ4n) is 3.16. The van der Waals surface area contributed by atoms with E-state index >= 15 is 0 Å². The number of halogens is 1. The monoisotopic (exact) mass is 400 g/mol. The summed E-state index contributed by atoms with van der Waals surface area (Å²) < 4.78 is 1.00. The predicted octanol–water partition coefficient (Wildman–Crippen LogP) is 4.31. The van der Waals surface area contributed by atoms with Crippen molar-refractivity contribution in [2.24, 2.45) is 5.92 Å². The Morgan fingerprint density at radius 1 is 1.24 bits per heavy atom. The number of likely N-dealkylation sites (tertiary alicyclic amines) is 1. The van der Waals surface area contributed by atoms with Gasteiger partial charge in [-0.15, -0.1) is 0 Å². The van der Waals surface area contributed by atoms with Gasteiger partial charge in [0.1, 0.15) is 0 Å². The van der Waals surface area contributed by atoms with Crippen molar-refractivity contribution in [1.29, 1.82) is 0 Å². The molecule has 1 aliphatic heterocycles. The fourth-order valence-corrected chi connectivity index (χ4v) is 3.41. The van der Waals surface area contributed by atoms with E-state index in [1.807, 2.05) is 62.4 Å². The van der Waals surface area contributed by atoms with Crippen LogP contribution >= 0.6 is 15.9 Å². The molecule has 0 radical (unpaired) electrons. The molecule has 2 aromatic carbocycles. The molecule has 0 unspecified atom stereocenters. The van der Waals surface area contributed by atoms with Crippen LogP contribution in [-0.2, 0) is 9.59 Å². The Kier molecular flexibility index (Phi) is 5.23. The van der Waals surface area contributed by atoms with Crippen LogP contribution in [0.25, 0.3) is 0 Å². The molecule has 0 aliphatic carbocycles. The number of nitrogens with one attached hydrogen (secondary N) is 1. The molecule has 2 aromatic rings. The summed E-state index contributed by atoms with van der Waals surface area (Å²) in [6.07, 6.45) is 0.262. The van der Waals surface area contributed by atoms with E-state index in [2.05, 4.69) is 21.2 Å². The highest BCUT2D eigenvalue weighted by atomic mass is 79.9. The molecule has 130 valence electrons. The Bertz CT molecular complexity index is 792. The number of anilines is 1. The Hall–Kier alpha value is -2.14. The van der Waals surface area contributed by atoms with E-state index in [-0.39, 0.29) is 30.2 Å². The molecule has 4 nitrogen and oxygen atoms in total. The molecular weight excluding hydrogens is 380 g/mol. The lowest BCUT2D eigenvalue weighted by Gasteiger charge is -2.25. The maximum Gasteiger partial charge on any atom is 0.229 e. The first-order valence-corrected chi connectivity index (χ1v) is 9.16. The van der Waals surface area contributed by atoms with Gasteiger partial charge >= 0.3 is 0 Å². The number of hydrogen-bond donors (Lipinski definition) is 1. The first-order valence-electron chi connectivity index (χ1n) is 8.37. The molecule has 2 atom stereocenters. The number of hydrogen-bond acceptors (Lipinski definition) is 2. The molecule has 1 aliphatic rings. The number of benzene rings is 2. The molecule has 25 heavy (non-hydrogen) atoms. The molecule has 0 spiro atoms. The Balaban J connectivity index is 1.67. The Labute approximate surface area is 156 Å². The number of amides is 2. The van der Waals surface area contributed by atoms with Crippen molar-refractivity contribution < 1.29 is 9.59 Å². The van der Waals surface area contributed by atoms with Crippen LogP contribution < -0.4 is 5.32 Å². The average Bonchev–Trinajstić information content (AvgIpc) is 3.00. The molecule has 0 bridgehead atoms. The summed E-state index contributed by atoms with van der Waals surface area (Å²) in [5.74, 6) is -0.385. The smallest absolute Gasteiger partial charge is 0.229 e. The van der Waals surface area contributed by atoms with Gasteiger partial charge in [-0.3, -0.25) is 9.59 Å². The van der Waals surface area contributed by atoms with Crippen molar-refractivity contribution in [3.63, 3.8) is 0 Å². The minimum absolute atomic E-state index is 0.0265. The molecule has 0 aromatic heterocycles. The number of nitrogens with zero attached hydrogens (tertiary/aromatic N) is 1. The lowest BCUT2D eigenvalue weighted by molar-refractivity contribution is -0.129. The number of carbonyl (C=O) groups excluding carboxylic acids is 2. The predicted molar refractivity (Wildman–Crippen MR) is 102 cm³/mol. The average molecular weight is 401 g/mol. The van der Waals surface area contributed by atoms with Crippen molar-refractivity contribution in [2.75, 3.05) is 11.9 Å². The van der Waals surface area contributed by atoms with Gasteiger partial charge in [-0.1, -0.05) is 46.3 Å². The van der Waals surface area contributed by atoms with Crippen LogP contribution in [0.15, 0.2) is 53.0 Å². The second-order valence-corrected chi connectivity index (χ2v) is 7.34. The molecule has 1 fully saturated rings. The van der Waals surface area contributed by atoms with E-state index in [0.717, 1.165) is 21.3 Å². The third-order valence-corrected chi connectivity index (χ3v) is 5.59. The van der Waals surface area contributed by atoms with Gasteiger partial charge in [0.05, 0.1) is 12.0 Å². The fraction of sp³-hybridized carbons (Fsp3) is 0.300. The number of rotatable bonds is 4. The molecule has 1 N–H and O–H groups in total. The summed E-state index contributed by atoms with van der Waals surface area (Å²) in [5.41, 5.74) is 2.90. The molecule has 1 heterocycles. The molecule has 5 heteroatoms. The lowest BCUT2D eigenvalue weighted by atomic mass is 10.1.